The summed E-state index contributed by atoms with van der Waals surface area (Å²) in [7, 11) is 0. The highest BCUT2D eigenvalue weighted by Gasteiger charge is 2.09. The molecule has 0 spiro atoms. The number of rotatable bonds is 5. The van der Waals surface area contributed by atoms with E-state index in [0.717, 1.165) is 16.6 Å². The molecule has 0 saturated carbocycles. The third-order valence-electron chi connectivity index (χ3n) is 2.92. The average molecular weight is 260 g/mol. The summed E-state index contributed by atoms with van der Waals surface area (Å²) < 4.78 is 1.99. The fraction of sp³-hybridized carbons (Fsp3) is 0.400. The van der Waals surface area contributed by atoms with Gasteiger partial charge in [0, 0.05) is 11.2 Å². The molecular weight excluding hydrogens is 240 g/mol. The van der Waals surface area contributed by atoms with E-state index < -0.39 is 0 Å². The summed E-state index contributed by atoms with van der Waals surface area (Å²) in [6, 6.07) is 10.1. The number of aryl methyl sites for hydroxylation is 1. The van der Waals surface area contributed by atoms with Gasteiger partial charge in [0.05, 0.1) is 6.61 Å². The van der Waals surface area contributed by atoms with Crippen molar-refractivity contribution in [2.75, 3.05) is 6.61 Å². The Morgan fingerprint density at radius 3 is 2.84 bits per heavy atom. The largest absolute Gasteiger partial charge is 0.335 e. The van der Waals surface area contributed by atoms with Crippen molar-refractivity contribution < 1.29 is 9.63 Å². The monoisotopic (exact) mass is 260 g/mol. The zero-order chi connectivity index (χ0) is 13.8. The van der Waals surface area contributed by atoms with Gasteiger partial charge >= 0.3 is 0 Å². The standard InChI is InChI=1S/C15H20N2O2/c1-11(2)10-19-16-15(18)9-17-12(3)8-13-6-4-5-7-14(13)17/h4-8,11H,9-10H2,1-3H3,(H,16,18). The summed E-state index contributed by atoms with van der Waals surface area (Å²) in [5.41, 5.74) is 4.62. The highest BCUT2D eigenvalue weighted by molar-refractivity contribution is 5.84. The van der Waals surface area contributed by atoms with Gasteiger partial charge in [0.25, 0.3) is 5.91 Å². The second-order valence-electron chi connectivity index (χ2n) is 5.16. The summed E-state index contributed by atoms with van der Waals surface area (Å²) >= 11 is 0. The number of benzene rings is 1. The van der Waals surface area contributed by atoms with Crippen molar-refractivity contribution in [2.45, 2.75) is 27.3 Å². The van der Waals surface area contributed by atoms with Gasteiger partial charge in [0.2, 0.25) is 0 Å². The molecule has 4 heteroatoms. The van der Waals surface area contributed by atoms with Crippen LogP contribution < -0.4 is 5.48 Å². The molecule has 0 fully saturated rings. The smallest absolute Gasteiger partial charge is 0.263 e. The van der Waals surface area contributed by atoms with Crippen molar-refractivity contribution in [1.29, 1.82) is 0 Å². The average Bonchev–Trinajstić information content (AvgIpc) is 2.66. The van der Waals surface area contributed by atoms with Crippen molar-refractivity contribution in [3.05, 3.63) is 36.0 Å². The Morgan fingerprint density at radius 2 is 2.11 bits per heavy atom. The SMILES string of the molecule is Cc1cc2ccccc2n1CC(=O)NOCC(C)C. The van der Waals surface area contributed by atoms with E-state index in [2.05, 4.69) is 11.5 Å². The lowest BCUT2D eigenvalue weighted by atomic mass is 10.2. The Bertz CT molecular complexity index is 573. The van der Waals surface area contributed by atoms with Crippen LogP contribution in [0.2, 0.25) is 0 Å². The van der Waals surface area contributed by atoms with Crippen LogP contribution >= 0.6 is 0 Å². The third kappa shape index (κ3) is 3.35. The van der Waals surface area contributed by atoms with Gasteiger partial charge in [0.1, 0.15) is 6.54 Å². The minimum Gasteiger partial charge on any atom is -0.335 e. The maximum atomic E-state index is 11.8. The van der Waals surface area contributed by atoms with E-state index in [1.807, 2.05) is 49.6 Å². The molecule has 102 valence electrons. The number of fused-ring (bicyclic) bond motifs is 1. The molecular formula is C15H20N2O2. The van der Waals surface area contributed by atoms with Crippen molar-refractivity contribution in [3.63, 3.8) is 0 Å². The highest BCUT2D eigenvalue weighted by Crippen LogP contribution is 2.18. The Kier molecular flexibility index (Phi) is 4.22. The van der Waals surface area contributed by atoms with Crippen LogP contribution in [-0.4, -0.2) is 17.1 Å². The summed E-state index contributed by atoms with van der Waals surface area (Å²) in [5.74, 6) is 0.263. The molecule has 2 rings (SSSR count). The van der Waals surface area contributed by atoms with Gasteiger partial charge in [-0.15, -0.1) is 0 Å². The van der Waals surface area contributed by atoms with Crippen LogP contribution in [0, 0.1) is 12.8 Å². The molecule has 1 N–H and O–H groups in total. The van der Waals surface area contributed by atoms with E-state index in [-0.39, 0.29) is 12.5 Å². The van der Waals surface area contributed by atoms with E-state index in [0.29, 0.717) is 12.5 Å². The molecule has 1 aromatic carbocycles. The Hall–Kier alpha value is -1.81. The normalized spacial score (nSPS) is 11.2. The molecule has 0 radical (unpaired) electrons. The lowest BCUT2D eigenvalue weighted by Gasteiger charge is -2.10. The first-order valence-electron chi connectivity index (χ1n) is 6.53. The lowest BCUT2D eigenvalue weighted by molar-refractivity contribution is -0.134. The minimum atomic E-state index is -0.134. The second kappa shape index (κ2) is 5.89. The van der Waals surface area contributed by atoms with Crippen molar-refractivity contribution in [2.24, 2.45) is 5.92 Å². The first-order valence-corrected chi connectivity index (χ1v) is 6.53. The molecule has 19 heavy (non-hydrogen) atoms. The fourth-order valence-electron chi connectivity index (χ4n) is 2.02. The molecule has 2 aromatic rings. The minimum absolute atomic E-state index is 0.134. The van der Waals surface area contributed by atoms with Gasteiger partial charge in [-0.25, -0.2) is 5.48 Å². The van der Waals surface area contributed by atoms with Crippen LogP contribution in [0.5, 0.6) is 0 Å². The summed E-state index contributed by atoms with van der Waals surface area (Å²) in [5, 5.41) is 1.15. The van der Waals surface area contributed by atoms with Crippen LogP contribution in [0.3, 0.4) is 0 Å². The molecule has 0 aliphatic carbocycles. The maximum absolute atomic E-state index is 11.8. The quantitative estimate of drug-likeness (QED) is 0.840. The number of amides is 1. The Balaban J connectivity index is 2.04. The molecule has 1 aromatic heterocycles. The van der Waals surface area contributed by atoms with Gasteiger partial charge < -0.3 is 4.57 Å². The molecule has 0 aliphatic heterocycles. The third-order valence-corrected chi connectivity index (χ3v) is 2.92. The maximum Gasteiger partial charge on any atom is 0.263 e. The molecule has 0 unspecified atom stereocenters. The molecule has 4 nitrogen and oxygen atoms in total. The number of aromatic nitrogens is 1. The Labute approximate surface area is 113 Å². The predicted molar refractivity (Wildman–Crippen MR) is 75.6 cm³/mol. The summed E-state index contributed by atoms with van der Waals surface area (Å²) in [6.07, 6.45) is 0. The van der Waals surface area contributed by atoms with E-state index in [1.165, 1.54) is 0 Å². The zero-order valence-electron chi connectivity index (χ0n) is 11.6. The van der Waals surface area contributed by atoms with Gasteiger partial charge in [-0.1, -0.05) is 32.0 Å². The number of hydroxylamine groups is 1. The van der Waals surface area contributed by atoms with Crippen molar-refractivity contribution >= 4 is 16.8 Å². The van der Waals surface area contributed by atoms with Gasteiger partial charge in [-0.3, -0.25) is 9.63 Å². The van der Waals surface area contributed by atoms with Crippen LogP contribution in [0.4, 0.5) is 0 Å². The number of para-hydroxylation sites is 1. The van der Waals surface area contributed by atoms with Crippen LogP contribution in [0.15, 0.2) is 30.3 Å². The molecule has 0 aliphatic rings. The molecule has 1 amide bonds. The van der Waals surface area contributed by atoms with E-state index in [9.17, 15) is 4.79 Å². The number of carbonyl (C=O) groups is 1. The van der Waals surface area contributed by atoms with Gasteiger partial charge in [-0.05, 0) is 30.4 Å². The van der Waals surface area contributed by atoms with Crippen LogP contribution in [0.1, 0.15) is 19.5 Å². The summed E-state index contributed by atoms with van der Waals surface area (Å²) in [4.78, 5) is 17.0. The number of carbonyl (C=O) groups excluding carboxylic acids is 1. The van der Waals surface area contributed by atoms with E-state index >= 15 is 0 Å². The first-order chi connectivity index (χ1) is 9.08. The van der Waals surface area contributed by atoms with E-state index in [4.69, 9.17) is 4.84 Å². The molecule has 0 saturated heterocycles. The van der Waals surface area contributed by atoms with Crippen LogP contribution in [-0.2, 0) is 16.2 Å². The zero-order valence-corrected chi connectivity index (χ0v) is 11.6. The van der Waals surface area contributed by atoms with Gasteiger partial charge in [-0.2, -0.15) is 0 Å². The Morgan fingerprint density at radius 1 is 1.37 bits per heavy atom. The van der Waals surface area contributed by atoms with Crippen molar-refractivity contribution in [1.82, 2.24) is 10.0 Å². The molecule has 0 bridgehead atoms. The lowest BCUT2D eigenvalue weighted by Crippen LogP contribution is -2.29. The second-order valence-corrected chi connectivity index (χ2v) is 5.16. The topological polar surface area (TPSA) is 43.3 Å². The number of nitrogens with zero attached hydrogens (tertiary/aromatic N) is 1. The number of hydrogen-bond donors (Lipinski definition) is 1. The molecule has 0 atom stereocenters. The van der Waals surface area contributed by atoms with Crippen molar-refractivity contribution in [3.8, 4) is 0 Å². The molecule has 1 heterocycles. The fourth-order valence-corrected chi connectivity index (χ4v) is 2.02. The number of nitrogens with one attached hydrogen (secondary N) is 1. The van der Waals surface area contributed by atoms with Gasteiger partial charge in [0.15, 0.2) is 0 Å². The predicted octanol–water partition coefficient (Wildman–Crippen LogP) is 2.65. The van der Waals surface area contributed by atoms with Crippen LogP contribution in [0.25, 0.3) is 10.9 Å². The van der Waals surface area contributed by atoms with E-state index in [1.54, 1.807) is 0 Å². The summed E-state index contributed by atoms with van der Waals surface area (Å²) in [6.45, 7) is 6.88. The first kappa shape index (κ1) is 13.6. The number of hydrogen-bond acceptors (Lipinski definition) is 2. The highest BCUT2D eigenvalue weighted by atomic mass is 16.6.